The number of carbonyl (C=O) groups is 1. The minimum atomic E-state index is -0.0698. The molecule has 1 saturated carbocycles. The summed E-state index contributed by atoms with van der Waals surface area (Å²) in [5, 5.41) is 23.1. The van der Waals surface area contributed by atoms with Crippen molar-refractivity contribution in [2.45, 2.75) is 62.0 Å². The lowest BCUT2D eigenvalue weighted by molar-refractivity contribution is -0.113. The number of hydrogen-bond donors (Lipinski definition) is 1. The van der Waals surface area contributed by atoms with E-state index in [-0.39, 0.29) is 5.91 Å². The van der Waals surface area contributed by atoms with Crippen LogP contribution in [0.4, 0.5) is 5.69 Å². The fourth-order valence-corrected chi connectivity index (χ4v) is 4.75. The Balaban J connectivity index is 1.61. The number of carbonyl (C=O) groups excluding carboxylic acids is 1. The predicted molar refractivity (Wildman–Crippen MR) is 109 cm³/mol. The van der Waals surface area contributed by atoms with E-state index in [4.69, 9.17) is 5.26 Å². The molecule has 8 heteroatoms. The maximum Gasteiger partial charge on any atom is 0.234 e. The smallest absolute Gasteiger partial charge is 0.234 e. The second kappa shape index (κ2) is 9.29. The fourth-order valence-electron chi connectivity index (χ4n) is 3.42. The normalized spacial score (nSPS) is 14.7. The lowest BCUT2D eigenvalue weighted by Crippen LogP contribution is -2.17. The molecule has 0 radical (unpaired) electrons. The second-order valence-electron chi connectivity index (χ2n) is 6.70. The summed E-state index contributed by atoms with van der Waals surface area (Å²) in [6.45, 7) is 3.91. The summed E-state index contributed by atoms with van der Waals surface area (Å²) in [5.41, 5.74) is 1.71. The van der Waals surface area contributed by atoms with Gasteiger partial charge in [0, 0.05) is 16.6 Å². The maximum atomic E-state index is 12.4. The summed E-state index contributed by atoms with van der Waals surface area (Å²) in [7, 11) is 0. The first-order chi connectivity index (χ1) is 13.1. The minimum absolute atomic E-state index is 0.0698. The number of nitrogens with zero attached hydrogens (tertiary/aromatic N) is 4. The van der Waals surface area contributed by atoms with Gasteiger partial charge in [0.25, 0.3) is 0 Å². The van der Waals surface area contributed by atoms with Crippen LogP contribution in [0.3, 0.4) is 0 Å². The third-order valence-corrected chi connectivity index (χ3v) is 6.27. The summed E-state index contributed by atoms with van der Waals surface area (Å²) >= 11 is 2.55. The molecular weight excluding hydrogens is 378 g/mol. The lowest BCUT2D eigenvalue weighted by atomic mass is 9.95. The molecule has 2 aromatic rings. The number of benzene rings is 1. The molecule has 27 heavy (non-hydrogen) atoms. The van der Waals surface area contributed by atoms with Gasteiger partial charge in [-0.3, -0.25) is 4.79 Å². The van der Waals surface area contributed by atoms with Gasteiger partial charge in [-0.25, -0.2) is 0 Å². The molecule has 1 fully saturated rings. The molecule has 0 aliphatic heterocycles. The van der Waals surface area contributed by atoms with E-state index >= 15 is 0 Å². The van der Waals surface area contributed by atoms with Crippen molar-refractivity contribution in [1.29, 1.82) is 5.26 Å². The summed E-state index contributed by atoms with van der Waals surface area (Å²) in [6.07, 6.45) is 6.10. The summed E-state index contributed by atoms with van der Waals surface area (Å²) in [6, 6.07) is 6.03. The van der Waals surface area contributed by atoms with Crippen LogP contribution in [0.5, 0.6) is 0 Å². The highest BCUT2D eigenvalue weighted by atomic mass is 32.2. The van der Waals surface area contributed by atoms with Crippen LogP contribution >= 0.6 is 23.5 Å². The van der Waals surface area contributed by atoms with E-state index in [1.165, 1.54) is 31.0 Å². The second-order valence-corrected chi connectivity index (χ2v) is 8.50. The quantitative estimate of drug-likeness (QED) is 0.558. The average Bonchev–Trinajstić information content (AvgIpc) is 3.04. The number of hydrogen-bond acceptors (Lipinski definition) is 6. The van der Waals surface area contributed by atoms with Crippen LogP contribution < -0.4 is 5.32 Å². The van der Waals surface area contributed by atoms with Crippen molar-refractivity contribution in [2.75, 3.05) is 11.1 Å². The molecule has 0 atom stereocenters. The van der Waals surface area contributed by atoms with Crippen molar-refractivity contribution >= 4 is 35.1 Å². The van der Waals surface area contributed by atoms with Gasteiger partial charge in [-0.05, 0) is 62.2 Å². The number of anilines is 1. The van der Waals surface area contributed by atoms with Crippen molar-refractivity contribution in [1.82, 2.24) is 14.8 Å². The van der Waals surface area contributed by atoms with Gasteiger partial charge in [0.05, 0.1) is 5.75 Å². The molecule has 1 aliphatic carbocycles. The standard InChI is InChI=1S/C19H23N5OS2/c1-13-10-16(27-12-20)8-9-17(13)21-18(25)11-26-19-23-22-14(2)24(19)15-6-4-3-5-7-15/h8-10,15H,3-7,11H2,1-2H3,(H,21,25). The van der Waals surface area contributed by atoms with E-state index in [1.54, 1.807) is 0 Å². The number of aromatic nitrogens is 3. The number of nitriles is 1. The maximum absolute atomic E-state index is 12.4. The molecule has 1 aromatic heterocycles. The van der Waals surface area contributed by atoms with E-state index < -0.39 is 0 Å². The van der Waals surface area contributed by atoms with E-state index in [0.717, 1.165) is 51.7 Å². The van der Waals surface area contributed by atoms with Gasteiger partial charge in [0.1, 0.15) is 11.2 Å². The molecule has 0 spiro atoms. The Labute approximate surface area is 168 Å². The molecule has 6 nitrogen and oxygen atoms in total. The van der Waals surface area contributed by atoms with Crippen molar-refractivity contribution < 1.29 is 4.79 Å². The van der Waals surface area contributed by atoms with Crippen molar-refractivity contribution in [3.05, 3.63) is 29.6 Å². The number of rotatable bonds is 6. The van der Waals surface area contributed by atoms with Crippen molar-refractivity contribution in [2.24, 2.45) is 0 Å². The van der Waals surface area contributed by atoms with Gasteiger partial charge in [-0.2, -0.15) is 5.26 Å². The molecule has 1 heterocycles. The Hall–Kier alpha value is -1.98. The summed E-state index contributed by atoms with van der Waals surface area (Å²) < 4.78 is 2.20. The zero-order chi connectivity index (χ0) is 19.2. The fraction of sp³-hybridized carbons (Fsp3) is 0.474. The van der Waals surface area contributed by atoms with Crippen molar-refractivity contribution in [3.8, 4) is 5.40 Å². The van der Waals surface area contributed by atoms with Crippen LogP contribution in [0.2, 0.25) is 0 Å². The molecule has 0 saturated heterocycles. The van der Waals surface area contributed by atoms with Gasteiger partial charge < -0.3 is 9.88 Å². The molecule has 3 rings (SSSR count). The first kappa shape index (κ1) is 19.8. The number of nitrogens with one attached hydrogen (secondary N) is 1. The Kier molecular flexibility index (Phi) is 6.80. The SMILES string of the molecule is Cc1cc(SC#N)ccc1NC(=O)CSc1nnc(C)n1C1CCCCC1. The van der Waals surface area contributed by atoms with E-state index in [2.05, 4.69) is 25.5 Å². The van der Waals surface area contributed by atoms with Gasteiger partial charge in [0.15, 0.2) is 5.16 Å². The van der Waals surface area contributed by atoms with Crippen LogP contribution in [-0.4, -0.2) is 26.4 Å². The Bertz CT molecular complexity index is 852. The van der Waals surface area contributed by atoms with Gasteiger partial charge >= 0.3 is 0 Å². The number of amides is 1. The molecular formula is C19H23N5OS2. The highest BCUT2D eigenvalue weighted by Crippen LogP contribution is 2.32. The van der Waals surface area contributed by atoms with E-state index in [0.29, 0.717) is 11.8 Å². The molecule has 0 bridgehead atoms. The van der Waals surface area contributed by atoms with Crippen molar-refractivity contribution in [3.63, 3.8) is 0 Å². The van der Waals surface area contributed by atoms with E-state index in [1.807, 2.05) is 32.0 Å². The van der Waals surface area contributed by atoms with Crippen LogP contribution in [0.25, 0.3) is 0 Å². The molecule has 142 valence electrons. The first-order valence-corrected chi connectivity index (χ1v) is 10.9. The van der Waals surface area contributed by atoms with Gasteiger partial charge in [0.2, 0.25) is 5.91 Å². The van der Waals surface area contributed by atoms with Crippen LogP contribution in [0, 0.1) is 24.5 Å². The third-order valence-electron chi connectivity index (χ3n) is 4.74. The minimum Gasteiger partial charge on any atom is -0.325 e. The molecule has 1 aliphatic rings. The average molecular weight is 402 g/mol. The Morgan fingerprint density at radius 3 is 2.78 bits per heavy atom. The van der Waals surface area contributed by atoms with Crippen LogP contribution in [-0.2, 0) is 4.79 Å². The van der Waals surface area contributed by atoms with Gasteiger partial charge in [-0.1, -0.05) is 31.0 Å². The summed E-state index contributed by atoms with van der Waals surface area (Å²) in [5.74, 6) is 1.14. The third kappa shape index (κ3) is 5.05. The predicted octanol–water partition coefficient (Wildman–Crippen LogP) is 4.70. The number of thioether (sulfide) groups is 2. The molecule has 1 N–H and O–H groups in total. The molecule has 0 unspecified atom stereocenters. The monoisotopic (exact) mass is 401 g/mol. The number of aryl methyl sites for hydroxylation is 2. The molecule has 1 amide bonds. The first-order valence-electron chi connectivity index (χ1n) is 9.09. The van der Waals surface area contributed by atoms with E-state index in [9.17, 15) is 4.79 Å². The zero-order valence-corrected chi connectivity index (χ0v) is 17.2. The topological polar surface area (TPSA) is 83.6 Å². The Morgan fingerprint density at radius 1 is 1.30 bits per heavy atom. The molecule has 1 aromatic carbocycles. The number of thiocyanates is 1. The summed E-state index contributed by atoms with van der Waals surface area (Å²) in [4.78, 5) is 13.3. The zero-order valence-electron chi connectivity index (χ0n) is 15.6. The van der Waals surface area contributed by atoms with Crippen LogP contribution in [0.15, 0.2) is 28.3 Å². The highest BCUT2D eigenvalue weighted by Gasteiger charge is 2.21. The highest BCUT2D eigenvalue weighted by molar-refractivity contribution is 8.03. The van der Waals surface area contributed by atoms with Crippen LogP contribution in [0.1, 0.15) is 49.5 Å². The van der Waals surface area contributed by atoms with Gasteiger partial charge in [-0.15, -0.1) is 10.2 Å². The largest absolute Gasteiger partial charge is 0.325 e. The Morgan fingerprint density at radius 2 is 2.07 bits per heavy atom. The lowest BCUT2D eigenvalue weighted by Gasteiger charge is -2.24.